The van der Waals surface area contributed by atoms with E-state index in [1.807, 2.05) is 0 Å². The summed E-state index contributed by atoms with van der Waals surface area (Å²) >= 11 is 0. The molecule has 3 N–H and O–H groups in total. The monoisotopic (exact) mass is 198 g/mol. The first kappa shape index (κ1) is 10.4. The third-order valence-electron chi connectivity index (χ3n) is 3.68. The SMILES string of the molecule is OCC1CCCC1NCC1CCCN1. The van der Waals surface area contributed by atoms with Crippen molar-refractivity contribution in [1.82, 2.24) is 10.6 Å². The first-order valence-corrected chi connectivity index (χ1v) is 5.98. The van der Waals surface area contributed by atoms with Crippen LogP contribution >= 0.6 is 0 Å². The van der Waals surface area contributed by atoms with Gasteiger partial charge in [0, 0.05) is 25.2 Å². The van der Waals surface area contributed by atoms with Crippen LogP contribution in [0.25, 0.3) is 0 Å². The van der Waals surface area contributed by atoms with Crippen molar-refractivity contribution in [2.75, 3.05) is 19.7 Å². The Morgan fingerprint density at radius 2 is 2.14 bits per heavy atom. The maximum atomic E-state index is 9.17. The van der Waals surface area contributed by atoms with Gasteiger partial charge in [0.25, 0.3) is 0 Å². The fourth-order valence-electron chi connectivity index (χ4n) is 2.75. The number of rotatable bonds is 4. The summed E-state index contributed by atoms with van der Waals surface area (Å²) in [7, 11) is 0. The quantitative estimate of drug-likeness (QED) is 0.616. The summed E-state index contributed by atoms with van der Waals surface area (Å²) in [4.78, 5) is 0. The zero-order chi connectivity index (χ0) is 9.80. The molecule has 1 saturated carbocycles. The van der Waals surface area contributed by atoms with Gasteiger partial charge in [-0.3, -0.25) is 0 Å². The van der Waals surface area contributed by atoms with Gasteiger partial charge in [-0.1, -0.05) is 6.42 Å². The molecule has 14 heavy (non-hydrogen) atoms. The van der Waals surface area contributed by atoms with E-state index in [9.17, 15) is 5.11 Å². The fourth-order valence-corrected chi connectivity index (χ4v) is 2.75. The average Bonchev–Trinajstić information content (AvgIpc) is 2.85. The lowest BCUT2D eigenvalue weighted by Crippen LogP contribution is -2.41. The molecule has 3 unspecified atom stereocenters. The molecule has 3 heteroatoms. The molecule has 2 fully saturated rings. The van der Waals surface area contributed by atoms with Gasteiger partial charge in [-0.25, -0.2) is 0 Å². The molecule has 0 radical (unpaired) electrons. The van der Waals surface area contributed by atoms with Crippen LogP contribution in [0.4, 0.5) is 0 Å². The summed E-state index contributed by atoms with van der Waals surface area (Å²) < 4.78 is 0. The average molecular weight is 198 g/mol. The van der Waals surface area contributed by atoms with Gasteiger partial charge in [0.15, 0.2) is 0 Å². The first-order chi connectivity index (χ1) is 6.90. The fraction of sp³-hybridized carbons (Fsp3) is 1.00. The highest BCUT2D eigenvalue weighted by atomic mass is 16.3. The molecule has 0 aromatic carbocycles. The highest BCUT2D eigenvalue weighted by Gasteiger charge is 2.26. The van der Waals surface area contributed by atoms with Gasteiger partial charge in [0.2, 0.25) is 0 Å². The lowest BCUT2D eigenvalue weighted by atomic mass is 10.0. The molecule has 1 aliphatic carbocycles. The van der Waals surface area contributed by atoms with Crippen molar-refractivity contribution >= 4 is 0 Å². The summed E-state index contributed by atoms with van der Waals surface area (Å²) in [6.07, 6.45) is 6.36. The smallest absolute Gasteiger partial charge is 0.0474 e. The second-order valence-corrected chi connectivity index (χ2v) is 4.68. The van der Waals surface area contributed by atoms with E-state index in [2.05, 4.69) is 10.6 Å². The Morgan fingerprint density at radius 3 is 2.86 bits per heavy atom. The Hall–Kier alpha value is -0.120. The minimum atomic E-state index is 0.357. The van der Waals surface area contributed by atoms with E-state index in [0.29, 0.717) is 24.6 Å². The second kappa shape index (κ2) is 5.10. The Bertz CT molecular complexity index is 169. The van der Waals surface area contributed by atoms with Gasteiger partial charge in [0.1, 0.15) is 0 Å². The summed E-state index contributed by atoms with van der Waals surface area (Å²) in [6, 6.07) is 1.25. The van der Waals surface area contributed by atoms with E-state index in [1.54, 1.807) is 0 Å². The van der Waals surface area contributed by atoms with Crippen LogP contribution in [0.2, 0.25) is 0 Å². The minimum Gasteiger partial charge on any atom is -0.396 e. The van der Waals surface area contributed by atoms with Crippen LogP contribution in [0.3, 0.4) is 0 Å². The van der Waals surface area contributed by atoms with Gasteiger partial charge in [0.05, 0.1) is 0 Å². The summed E-state index contributed by atoms with van der Waals surface area (Å²) in [5.41, 5.74) is 0. The number of aliphatic hydroxyl groups excluding tert-OH is 1. The maximum absolute atomic E-state index is 9.17. The van der Waals surface area contributed by atoms with E-state index in [0.717, 1.165) is 6.54 Å². The normalized spacial score (nSPS) is 37.9. The summed E-state index contributed by atoms with van der Waals surface area (Å²) in [5.74, 6) is 0.511. The Balaban J connectivity index is 1.68. The van der Waals surface area contributed by atoms with Gasteiger partial charge in [-0.2, -0.15) is 0 Å². The van der Waals surface area contributed by atoms with Crippen LogP contribution in [-0.2, 0) is 0 Å². The van der Waals surface area contributed by atoms with E-state index in [-0.39, 0.29) is 0 Å². The molecule has 2 aliphatic rings. The van der Waals surface area contributed by atoms with Crippen LogP contribution in [0, 0.1) is 5.92 Å². The Morgan fingerprint density at radius 1 is 1.21 bits per heavy atom. The van der Waals surface area contributed by atoms with Crippen molar-refractivity contribution in [1.29, 1.82) is 0 Å². The van der Waals surface area contributed by atoms with Crippen molar-refractivity contribution in [3.63, 3.8) is 0 Å². The number of hydrogen-bond donors (Lipinski definition) is 3. The summed E-state index contributed by atoms with van der Waals surface area (Å²) in [6.45, 7) is 2.62. The van der Waals surface area contributed by atoms with Crippen molar-refractivity contribution in [2.24, 2.45) is 5.92 Å². The third-order valence-corrected chi connectivity index (χ3v) is 3.68. The molecule has 1 heterocycles. The molecule has 0 aromatic heterocycles. The van der Waals surface area contributed by atoms with Crippen LogP contribution in [0.5, 0.6) is 0 Å². The molecule has 0 amide bonds. The molecular weight excluding hydrogens is 176 g/mol. The highest BCUT2D eigenvalue weighted by molar-refractivity contribution is 4.85. The van der Waals surface area contributed by atoms with E-state index < -0.39 is 0 Å². The molecule has 0 bridgehead atoms. The van der Waals surface area contributed by atoms with Crippen LogP contribution in [0.15, 0.2) is 0 Å². The maximum Gasteiger partial charge on any atom is 0.0474 e. The lowest BCUT2D eigenvalue weighted by molar-refractivity contribution is 0.204. The van der Waals surface area contributed by atoms with E-state index in [1.165, 1.54) is 38.6 Å². The summed E-state index contributed by atoms with van der Waals surface area (Å²) in [5, 5.41) is 16.3. The topological polar surface area (TPSA) is 44.3 Å². The molecule has 0 spiro atoms. The molecule has 1 aliphatic heterocycles. The van der Waals surface area contributed by atoms with Gasteiger partial charge in [-0.15, -0.1) is 0 Å². The second-order valence-electron chi connectivity index (χ2n) is 4.68. The van der Waals surface area contributed by atoms with Crippen molar-refractivity contribution in [3.05, 3.63) is 0 Å². The predicted molar refractivity (Wildman–Crippen MR) is 57.2 cm³/mol. The Labute approximate surface area is 86.3 Å². The van der Waals surface area contributed by atoms with Gasteiger partial charge >= 0.3 is 0 Å². The predicted octanol–water partition coefficient (Wildman–Crippen LogP) is 0.489. The van der Waals surface area contributed by atoms with Crippen molar-refractivity contribution in [2.45, 2.75) is 44.2 Å². The number of aliphatic hydroxyl groups is 1. The molecule has 3 atom stereocenters. The minimum absolute atomic E-state index is 0.357. The molecule has 0 aromatic rings. The zero-order valence-electron chi connectivity index (χ0n) is 8.84. The standard InChI is InChI=1S/C11H22N2O/c14-8-9-3-1-5-11(9)13-7-10-4-2-6-12-10/h9-14H,1-8H2. The molecule has 3 nitrogen and oxygen atoms in total. The Kier molecular flexibility index (Phi) is 3.79. The lowest BCUT2D eigenvalue weighted by Gasteiger charge is -2.21. The molecule has 1 saturated heterocycles. The van der Waals surface area contributed by atoms with Crippen LogP contribution in [0.1, 0.15) is 32.1 Å². The third kappa shape index (κ3) is 2.47. The van der Waals surface area contributed by atoms with Gasteiger partial charge in [-0.05, 0) is 38.1 Å². The largest absolute Gasteiger partial charge is 0.396 e. The first-order valence-electron chi connectivity index (χ1n) is 5.98. The van der Waals surface area contributed by atoms with Crippen LogP contribution in [-0.4, -0.2) is 36.9 Å². The van der Waals surface area contributed by atoms with Crippen molar-refractivity contribution in [3.8, 4) is 0 Å². The molecular formula is C11H22N2O. The molecule has 2 rings (SSSR count). The van der Waals surface area contributed by atoms with Gasteiger partial charge < -0.3 is 15.7 Å². The number of hydrogen-bond acceptors (Lipinski definition) is 3. The highest BCUT2D eigenvalue weighted by Crippen LogP contribution is 2.25. The van der Waals surface area contributed by atoms with Crippen molar-refractivity contribution < 1.29 is 5.11 Å². The van der Waals surface area contributed by atoms with Crippen LogP contribution < -0.4 is 10.6 Å². The number of nitrogens with one attached hydrogen (secondary N) is 2. The van der Waals surface area contributed by atoms with E-state index >= 15 is 0 Å². The molecule has 82 valence electrons. The zero-order valence-corrected chi connectivity index (χ0v) is 8.84. The van der Waals surface area contributed by atoms with E-state index in [4.69, 9.17) is 0 Å².